The third-order valence-corrected chi connectivity index (χ3v) is 5.63. The van der Waals surface area contributed by atoms with Crippen molar-refractivity contribution in [1.29, 1.82) is 0 Å². The molecule has 1 rings (SSSR count). The molecule has 156 valence electrons. The molecule has 4 atom stereocenters. The summed E-state index contributed by atoms with van der Waals surface area (Å²) in [5.74, 6) is -0.642. The molecule has 0 saturated heterocycles. The van der Waals surface area contributed by atoms with Crippen LogP contribution < -0.4 is 0 Å². The number of hydrogen-bond acceptors (Lipinski definition) is 4. The molecule has 1 aliphatic carbocycles. The molecule has 0 bridgehead atoms. The number of aliphatic hydroxyl groups is 1. The predicted molar refractivity (Wildman–Crippen MR) is 105 cm³/mol. The highest BCUT2D eigenvalue weighted by Gasteiger charge is 2.40. The number of carbonyl (C=O) groups excluding carboxylic acids is 2. The number of methoxy groups -OCH3 is 1. The Hall–Kier alpha value is -1.23. The van der Waals surface area contributed by atoms with Gasteiger partial charge in [-0.3, -0.25) is 9.18 Å². The van der Waals surface area contributed by atoms with Gasteiger partial charge >= 0.3 is 5.97 Å². The maximum absolute atomic E-state index is 13.4. The van der Waals surface area contributed by atoms with E-state index in [0.717, 1.165) is 32.1 Å². The smallest absolute Gasteiger partial charge is 0.334 e. The lowest BCUT2D eigenvalue weighted by Crippen LogP contribution is -2.21. The van der Waals surface area contributed by atoms with Gasteiger partial charge in [0.2, 0.25) is 0 Å². The van der Waals surface area contributed by atoms with Crippen molar-refractivity contribution in [2.75, 3.05) is 13.8 Å². The van der Waals surface area contributed by atoms with Crippen molar-refractivity contribution >= 4 is 11.8 Å². The van der Waals surface area contributed by atoms with Gasteiger partial charge in [0.15, 0.2) is 6.10 Å². The normalized spacial score (nSPS) is 23.9. The van der Waals surface area contributed by atoms with E-state index in [0.29, 0.717) is 19.3 Å². The van der Waals surface area contributed by atoms with Crippen LogP contribution in [0.4, 0.5) is 4.39 Å². The van der Waals surface area contributed by atoms with Gasteiger partial charge in [-0.05, 0) is 31.6 Å². The summed E-state index contributed by atoms with van der Waals surface area (Å²) in [6.45, 7) is 1.75. The standard InChI is InChI=1S/C22H37FO4/c1-3-4-5-6-7-9-12-18-17(16-23)15-21(25)19(18)13-10-8-11-14-20(24)22(26)27-2/h9,12,17-20,24H,3-8,10-11,13-16H2,1-2H3/t17-,18-,19+,20?/m0/s1. The minimum atomic E-state index is -1.07. The third-order valence-electron chi connectivity index (χ3n) is 5.63. The van der Waals surface area contributed by atoms with Crippen LogP contribution in [-0.4, -0.2) is 36.7 Å². The van der Waals surface area contributed by atoms with Crippen LogP contribution in [0.5, 0.6) is 0 Å². The molecule has 5 heteroatoms. The molecule has 1 fully saturated rings. The molecule has 0 aromatic carbocycles. The van der Waals surface area contributed by atoms with E-state index < -0.39 is 18.7 Å². The number of unbranched alkanes of at least 4 members (excludes halogenated alkanes) is 6. The van der Waals surface area contributed by atoms with E-state index >= 15 is 0 Å². The van der Waals surface area contributed by atoms with Crippen molar-refractivity contribution in [3.05, 3.63) is 12.2 Å². The molecule has 1 N–H and O–H groups in total. The number of alkyl halides is 1. The Kier molecular flexibility index (Phi) is 12.2. The number of rotatable bonds is 14. The summed E-state index contributed by atoms with van der Waals surface area (Å²) < 4.78 is 17.8. The summed E-state index contributed by atoms with van der Waals surface area (Å²) in [6, 6.07) is 0. The maximum atomic E-state index is 13.4. The Bertz CT molecular complexity index is 463. The highest BCUT2D eigenvalue weighted by molar-refractivity contribution is 5.84. The number of allylic oxidation sites excluding steroid dienone is 2. The summed E-state index contributed by atoms with van der Waals surface area (Å²) in [5, 5.41) is 9.57. The zero-order valence-corrected chi connectivity index (χ0v) is 17.0. The fourth-order valence-electron chi connectivity index (χ4n) is 3.97. The van der Waals surface area contributed by atoms with Gasteiger partial charge in [-0.15, -0.1) is 0 Å². The molecule has 27 heavy (non-hydrogen) atoms. The van der Waals surface area contributed by atoms with E-state index in [1.54, 1.807) is 0 Å². The summed E-state index contributed by atoms with van der Waals surface area (Å²) in [5.41, 5.74) is 0. The number of aliphatic hydroxyl groups excluding tert-OH is 1. The van der Waals surface area contributed by atoms with Crippen molar-refractivity contribution in [2.45, 2.75) is 83.7 Å². The molecule has 0 aliphatic heterocycles. The number of Topliss-reactive ketones (excluding diaryl/α,β-unsaturated/α-hetero) is 1. The lowest BCUT2D eigenvalue weighted by Gasteiger charge is -2.19. The number of hydrogen-bond donors (Lipinski definition) is 1. The van der Waals surface area contributed by atoms with Gasteiger partial charge in [-0.2, -0.15) is 0 Å². The fourth-order valence-corrected chi connectivity index (χ4v) is 3.97. The quantitative estimate of drug-likeness (QED) is 0.266. The van der Waals surface area contributed by atoms with E-state index in [2.05, 4.69) is 23.8 Å². The fraction of sp³-hybridized carbons (Fsp3) is 0.818. The van der Waals surface area contributed by atoms with Crippen LogP contribution >= 0.6 is 0 Å². The Morgan fingerprint density at radius 3 is 2.67 bits per heavy atom. The molecular formula is C22H37FO4. The van der Waals surface area contributed by atoms with E-state index in [4.69, 9.17) is 0 Å². The molecule has 1 saturated carbocycles. The second kappa shape index (κ2) is 13.9. The predicted octanol–water partition coefficient (Wildman–Crippen LogP) is 4.79. The van der Waals surface area contributed by atoms with Crippen LogP contribution in [0.15, 0.2) is 12.2 Å². The van der Waals surface area contributed by atoms with Crippen LogP contribution in [-0.2, 0) is 14.3 Å². The maximum Gasteiger partial charge on any atom is 0.334 e. The first-order valence-corrected chi connectivity index (χ1v) is 10.6. The summed E-state index contributed by atoms with van der Waals surface area (Å²) in [4.78, 5) is 23.5. The van der Waals surface area contributed by atoms with Crippen LogP contribution in [0.2, 0.25) is 0 Å². The van der Waals surface area contributed by atoms with Crippen molar-refractivity contribution in [3.8, 4) is 0 Å². The summed E-state index contributed by atoms with van der Waals surface area (Å²) >= 11 is 0. The first kappa shape index (κ1) is 23.8. The molecule has 4 nitrogen and oxygen atoms in total. The van der Waals surface area contributed by atoms with E-state index in [-0.39, 0.29) is 23.5 Å². The van der Waals surface area contributed by atoms with Crippen LogP contribution in [0, 0.1) is 17.8 Å². The first-order valence-electron chi connectivity index (χ1n) is 10.6. The molecule has 0 radical (unpaired) electrons. The average Bonchev–Trinajstić information content (AvgIpc) is 2.98. The van der Waals surface area contributed by atoms with Gasteiger partial charge in [0, 0.05) is 18.3 Å². The second-order valence-electron chi connectivity index (χ2n) is 7.72. The average molecular weight is 385 g/mol. The first-order chi connectivity index (χ1) is 13.0. The SMILES string of the molecule is CCCCCCC=C[C@H]1[C@H](CF)CC(=O)[C@@H]1CCCCCC(O)C(=O)OC. The van der Waals surface area contributed by atoms with E-state index in [1.807, 2.05) is 0 Å². The number of carbonyl (C=O) groups is 2. The van der Waals surface area contributed by atoms with Crippen LogP contribution in [0.25, 0.3) is 0 Å². The van der Waals surface area contributed by atoms with E-state index in [1.165, 1.54) is 26.4 Å². The summed E-state index contributed by atoms with van der Waals surface area (Å²) in [6.07, 6.45) is 12.9. The third kappa shape index (κ3) is 8.54. The van der Waals surface area contributed by atoms with Gasteiger partial charge in [0.25, 0.3) is 0 Å². The lowest BCUT2D eigenvalue weighted by molar-refractivity contribution is -0.150. The van der Waals surface area contributed by atoms with Crippen molar-refractivity contribution in [3.63, 3.8) is 0 Å². The van der Waals surface area contributed by atoms with Crippen molar-refractivity contribution in [1.82, 2.24) is 0 Å². The molecule has 0 aromatic heterocycles. The number of ether oxygens (including phenoxy) is 1. The van der Waals surface area contributed by atoms with Gasteiger partial charge in [0.1, 0.15) is 5.78 Å². The number of ketones is 1. The minimum absolute atomic E-state index is 0.0225. The number of esters is 1. The zero-order chi connectivity index (χ0) is 20.1. The number of halogens is 1. The molecule has 0 spiro atoms. The second-order valence-corrected chi connectivity index (χ2v) is 7.72. The van der Waals surface area contributed by atoms with Gasteiger partial charge in [-0.25, -0.2) is 4.79 Å². The highest BCUT2D eigenvalue weighted by atomic mass is 19.1. The Morgan fingerprint density at radius 2 is 2.00 bits per heavy atom. The van der Waals surface area contributed by atoms with Gasteiger partial charge < -0.3 is 9.84 Å². The van der Waals surface area contributed by atoms with Crippen LogP contribution in [0.3, 0.4) is 0 Å². The zero-order valence-electron chi connectivity index (χ0n) is 17.0. The highest BCUT2D eigenvalue weighted by Crippen LogP contribution is 2.39. The molecule has 1 unspecified atom stereocenters. The molecule has 0 aromatic rings. The Balaban J connectivity index is 2.39. The monoisotopic (exact) mass is 384 g/mol. The van der Waals surface area contributed by atoms with Gasteiger partial charge in [-0.1, -0.05) is 57.6 Å². The van der Waals surface area contributed by atoms with Gasteiger partial charge in [0.05, 0.1) is 13.8 Å². The summed E-state index contributed by atoms with van der Waals surface area (Å²) in [7, 11) is 1.26. The minimum Gasteiger partial charge on any atom is -0.467 e. The molecular weight excluding hydrogens is 347 g/mol. The molecule has 0 amide bonds. The van der Waals surface area contributed by atoms with E-state index in [9.17, 15) is 19.1 Å². The molecule has 1 aliphatic rings. The lowest BCUT2D eigenvalue weighted by atomic mass is 9.85. The Morgan fingerprint density at radius 1 is 1.26 bits per heavy atom. The van der Waals surface area contributed by atoms with Crippen molar-refractivity contribution in [2.24, 2.45) is 17.8 Å². The largest absolute Gasteiger partial charge is 0.467 e. The van der Waals surface area contributed by atoms with Crippen LogP contribution in [0.1, 0.15) is 77.6 Å². The topological polar surface area (TPSA) is 63.6 Å². The molecule has 0 heterocycles. The Labute approximate surface area is 163 Å². The van der Waals surface area contributed by atoms with Crippen molar-refractivity contribution < 1.29 is 23.8 Å².